The van der Waals surface area contributed by atoms with E-state index in [2.05, 4.69) is 4.98 Å². The van der Waals surface area contributed by atoms with Crippen LogP contribution in [-0.4, -0.2) is 33.3 Å². The van der Waals surface area contributed by atoms with Gasteiger partial charge in [0.05, 0.1) is 27.8 Å². The van der Waals surface area contributed by atoms with Crippen LogP contribution < -0.4 is 5.14 Å². The standard InChI is InChI=1S/C12H16N2O5S3/c1-9-10(14-12(19-9)11-4-2-5-20-11)8-21(15,16)6-3-7-22(13,17)18/h2,4-5H,3,6-8H2,1H3,(H2,13,17,18). The summed E-state index contributed by atoms with van der Waals surface area (Å²) in [5.74, 6) is -0.0620. The third-order valence-corrected chi connectivity index (χ3v) is 6.20. The molecule has 2 aromatic heterocycles. The number of thiophene rings is 1. The molecule has 0 amide bonds. The highest BCUT2D eigenvalue weighted by molar-refractivity contribution is 7.91. The number of oxazole rings is 1. The molecule has 2 aromatic rings. The number of hydrogen-bond acceptors (Lipinski definition) is 7. The molecule has 2 N–H and O–H groups in total. The molecule has 7 nitrogen and oxygen atoms in total. The Bertz CT molecular complexity index is 835. The van der Waals surface area contributed by atoms with E-state index in [9.17, 15) is 16.8 Å². The third kappa shape index (κ3) is 4.90. The first kappa shape index (κ1) is 17.1. The van der Waals surface area contributed by atoms with Crippen LogP contribution in [0.4, 0.5) is 0 Å². The number of nitrogens with zero attached hydrogens (tertiary/aromatic N) is 1. The van der Waals surface area contributed by atoms with Crippen molar-refractivity contribution >= 4 is 31.2 Å². The topological polar surface area (TPSA) is 120 Å². The van der Waals surface area contributed by atoms with Crippen LogP contribution in [0.1, 0.15) is 17.9 Å². The Balaban J connectivity index is 2.06. The first-order valence-corrected chi connectivity index (χ1v) is 10.8. The van der Waals surface area contributed by atoms with Crippen LogP contribution in [0.5, 0.6) is 0 Å². The number of aromatic nitrogens is 1. The Morgan fingerprint density at radius 3 is 2.59 bits per heavy atom. The maximum atomic E-state index is 12.0. The fourth-order valence-corrected chi connectivity index (χ4v) is 4.62. The van der Waals surface area contributed by atoms with E-state index < -0.39 is 19.9 Å². The van der Waals surface area contributed by atoms with Gasteiger partial charge in [0.2, 0.25) is 15.9 Å². The van der Waals surface area contributed by atoms with E-state index in [0.717, 1.165) is 4.88 Å². The highest BCUT2D eigenvalue weighted by Crippen LogP contribution is 2.26. The molecule has 0 atom stereocenters. The number of sulfonamides is 1. The van der Waals surface area contributed by atoms with Gasteiger partial charge in [0.1, 0.15) is 5.76 Å². The van der Waals surface area contributed by atoms with Gasteiger partial charge in [-0.15, -0.1) is 11.3 Å². The molecule has 0 aliphatic rings. The van der Waals surface area contributed by atoms with E-state index in [1.807, 2.05) is 17.5 Å². The Hall–Kier alpha value is -1.23. The van der Waals surface area contributed by atoms with Crippen LogP contribution in [0, 0.1) is 6.92 Å². The van der Waals surface area contributed by atoms with Crippen LogP contribution in [0.25, 0.3) is 10.8 Å². The monoisotopic (exact) mass is 364 g/mol. The lowest BCUT2D eigenvalue weighted by Crippen LogP contribution is -2.20. The van der Waals surface area contributed by atoms with Crippen molar-refractivity contribution in [2.24, 2.45) is 5.14 Å². The Morgan fingerprint density at radius 1 is 1.27 bits per heavy atom. The molecule has 22 heavy (non-hydrogen) atoms. The molecule has 0 radical (unpaired) electrons. The summed E-state index contributed by atoms with van der Waals surface area (Å²) in [6.45, 7) is 1.65. The van der Waals surface area contributed by atoms with Crippen molar-refractivity contribution in [1.82, 2.24) is 4.98 Å². The van der Waals surface area contributed by atoms with Crippen molar-refractivity contribution in [2.75, 3.05) is 11.5 Å². The molecular weight excluding hydrogens is 348 g/mol. The van der Waals surface area contributed by atoms with Crippen molar-refractivity contribution in [3.05, 3.63) is 29.0 Å². The van der Waals surface area contributed by atoms with Crippen LogP contribution >= 0.6 is 11.3 Å². The van der Waals surface area contributed by atoms with Crippen molar-refractivity contribution in [3.63, 3.8) is 0 Å². The summed E-state index contributed by atoms with van der Waals surface area (Å²) in [5, 5.41) is 6.72. The molecule has 0 spiro atoms. The number of rotatable bonds is 7. The number of aryl methyl sites for hydroxylation is 1. The van der Waals surface area contributed by atoms with E-state index in [0.29, 0.717) is 17.3 Å². The van der Waals surface area contributed by atoms with Gasteiger partial charge in [0.25, 0.3) is 0 Å². The number of sulfone groups is 1. The smallest absolute Gasteiger partial charge is 0.236 e. The molecular formula is C12H16N2O5S3. The van der Waals surface area contributed by atoms with E-state index >= 15 is 0 Å². The fourth-order valence-electron chi connectivity index (χ4n) is 1.83. The predicted molar refractivity (Wildman–Crippen MR) is 84.6 cm³/mol. The summed E-state index contributed by atoms with van der Waals surface area (Å²) < 4.78 is 51.2. The maximum absolute atomic E-state index is 12.0. The van der Waals surface area contributed by atoms with Crippen molar-refractivity contribution < 1.29 is 21.3 Å². The summed E-state index contributed by atoms with van der Waals surface area (Å²) >= 11 is 1.45. The first-order chi connectivity index (χ1) is 10.2. The lowest BCUT2D eigenvalue weighted by atomic mass is 10.4. The molecule has 0 unspecified atom stereocenters. The Morgan fingerprint density at radius 2 is 2.00 bits per heavy atom. The van der Waals surface area contributed by atoms with Crippen molar-refractivity contribution in [2.45, 2.75) is 19.1 Å². The summed E-state index contributed by atoms with van der Waals surface area (Å²) in [7, 11) is -7.12. The Labute approximate surface area is 133 Å². The minimum atomic E-state index is -3.65. The molecule has 2 rings (SSSR count). The first-order valence-electron chi connectivity index (χ1n) is 6.37. The average Bonchev–Trinajstić information content (AvgIpc) is 2.97. The SMILES string of the molecule is Cc1oc(-c2cccs2)nc1CS(=O)(=O)CCCS(N)(=O)=O. The van der Waals surface area contributed by atoms with Crippen LogP contribution in [-0.2, 0) is 25.6 Å². The highest BCUT2D eigenvalue weighted by atomic mass is 32.2. The fraction of sp³-hybridized carbons (Fsp3) is 0.417. The van der Waals surface area contributed by atoms with Gasteiger partial charge in [0, 0.05) is 0 Å². The Kier molecular flexibility index (Phi) is 5.05. The molecule has 2 heterocycles. The van der Waals surface area contributed by atoms with Gasteiger partial charge < -0.3 is 4.42 Å². The van der Waals surface area contributed by atoms with Gasteiger partial charge >= 0.3 is 0 Å². The van der Waals surface area contributed by atoms with Gasteiger partial charge in [-0.1, -0.05) is 6.07 Å². The van der Waals surface area contributed by atoms with E-state index in [-0.39, 0.29) is 23.7 Å². The largest absolute Gasteiger partial charge is 0.440 e. The van der Waals surface area contributed by atoms with Crippen molar-refractivity contribution in [3.8, 4) is 10.8 Å². The number of hydrogen-bond donors (Lipinski definition) is 1. The molecule has 0 aromatic carbocycles. The quantitative estimate of drug-likeness (QED) is 0.790. The molecule has 10 heteroatoms. The van der Waals surface area contributed by atoms with Crippen LogP contribution in [0.3, 0.4) is 0 Å². The van der Waals surface area contributed by atoms with Gasteiger partial charge in [-0.3, -0.25) is 0 Å². The zero-order chi connectivity index (χ0) is 16.4. The molecule has 0 fully saturated rings. The lowest BCUT2D eigenvalue weighted by Gasteiger charge is -2.02. The average molecular weight is 364 g/mol. The van der Waals surface area contributed by atoms with Crippen molar-refractivity contribution in [1.29, 1.82) is 0 Å². The molecule has 0 saturated heterocycles. The van der Waals surface area contributed by atoms with E-state index in [4.69, 9.17) is 9.56 Å². The van der Waals surface area contributed by atoms with E-state index in [1.54, 1.807) is 6.92 Å². The second kappa shape index (κ2) is 6.49. The normalized spacial score (nSPS) is 12.6. The summed E-state index contributed by atoms with van der Waals surface area (Å²) in [4.78, 5) is 5.04. The highest BCUT2D eigenvalue weighted by Gasteiger charge is 2.20. The minimum absolute atomic E-state index is 0.0319. The second-order valence-electron chi connectivity index (χ2n) is 4.81. The van der Waals surface area contributed by atoms with Crippen LogP contribution in [0.15, 0.2) is 21.9 Å². The predicted octanol–water partition coefficient (Wildman–Crippen LogP) is 1.30. The number of primary sulfonamides is 1. The molecule has 0 saturated carbocycles. The number of nitrogens with two attached hydrogens (primary N) is 1. The molecule has 0 bridgehead atoms. The van der Waals surface area contributed by atoms with Gasteiger partial charge in [-0.25, -0.2) is 27.0 Å². The summed E-state index contributed by atoms with van der Waals surface area (Å²) in [6, 6.07) is 3.68. The van der Waals surface area contributed by atoms with Gasteiger partial charge in [0.15, 0.2) is 9.84 Å². The minimum Gasteiger partial charge on any atom is -0.440 e. The lowest BCUT2D eigenvalue weighted by molar-refractivity contribution is 0.540. The maximum Gasteiger partial charge on any atom is 0.236 e. The van der Waals surface area contributed by atoms with E-state index in [1.165, 1.54) is 11.3 Å². The summed E-state index contributed by atoms with van der Waals surface area (Å²) in [6.07, 6.45) is -0.0319. The molecule has 122 valence electrons. The van der Waals surface area contributed by atoms with Gasteiger partial charge in [-0.05, 0) is 24.8 Å². The zero-order valence-electron chi connectivity index (χ0n) is 11.9. The molecule has 0 aliphatic carbocycles. The summed E-state index contributed by atoms with van der Waals surface area (Å²) in [5.41, 5.74) is 0.346. The van der Waals surface area contributed by atoms with Gasteiger partial charge in [-0.2, -0.15) is 0 Å². The zero-order valence-corrected chi connectivity index (χ0v) is 14.3. The van der Waals surface area contributed by atoms with Crippen LogP contribution in [0.2, 0.25) is 0 Å². The second-order valence-corrected chi connectivity index (χ2v) is 9.68. The molecule has 0 aliphatic heterocycles. The third-order valence-electron chi connectivity index (χ3n) is 2.87.